The molecule has 0 radical (unpaired) electrons. The van der Waals surface area contributed by atoms with E-state index in [4.69, 9.17) is 10.5 Å². The fourth-order valence-electron chi connectivity index (χ4n) is 3.42. The highest BCUT2D eigenvalue weighted by atomic mass is 16.6. The largest absolute Gasteiger partial charge is 0.444 e. The van der Waals surface area contributed by atoms with E-state index in [0.29, 0.717) is 12.0 Å². The van der Waals surface area contributed by atoms with Crippen LogP contribution in [0.15, 0.2) is 24.3 Å². The highest BCUT2D eigenvalue weighted by molar-refractivity contribution is 5.69. The summed E-state index contributed by atoms with van der Waals surface area (Å²) in [4.78, 5) is 16.5. The van der Waals surface area contributed by atoms with Gasteiger partial charge in [-0.1, -0.05) is 0 Å². The van der Waals surface area contributed by atoms with Crippen molar-refractivity contribution in [1.29, 1.82) is 0 Å². The minimum Gasteiger partial charge on any atom is -0.444 e. The maximum atomic E-state index is 12.2. The van der Waals surface area contributed by atoms with Crippen LogP contribution >= 0.6 is 0 Å². The predicted molar refractivity (Wildman–Crippen MR) is 87.9 cm³/mol. The van der Waals surface area contributed by atoms with Gasteiger partial charge in [-0.25, -0.2) is 4.79 Å². The van der Waals surface area contributed by atoms with Gasteiger partial charge in [-0.2, -0.15) is 0 Å². The molecule has 0 aromatic heterocycles. The van der Waals surface area contributed by atoms with Crippen molar-refractivity contribution in [3.05, 3.63) is 24.3 Å². The topological polar surface area (TPSA) is 58.8 Å². The molecule has 2 aliphatic heterocycles. The van der Waals surface area contributed by atoms with Gasteiger partial charge in [0.25, 0.3) is 0 Å². The molecule has 3 rings (SSSR count). The van der Waals surface area contributed by atoms with Gasteiger partial charge in [-0.05, 0) is 51.5 Å². The number of ether oxygens (including phenoxy) is 1. The van der Waals surface area contributed by atoms with Crippen molar-refractivity contribution in [1.82, 2.24) is 4.90 Å². The van der Waals surface area contributed by atoms with Gasteiger partial charge >= 0.3 is 6.09 Å². The van der Waals surface area contributed by atoms with Gasteiger partial charge in [0.1, 0.15) is 5.60 Å². The van der Waals surface area contributed by atoms with Crippen LogP contribution in [0.1, 0.15) is 27.2 Å². The molecular formula is C17H25N3O2. The first kappa shape index (κ1) is 15.0. The summed E-state index contributed by atoms with van der Waals surface area (Å²) in [5.74, 6) is 0.532. The number of nitrogens with zero attached hydrogens (tertiary/aromatic N) is 2. The molecule has 0 aliphatic carbocycles. The first-order chi connectivity index (χ1) is 10.3. The van der Waals surface area contributed by atoms with E-state index in [1.54, 1.807) is 0 Å². The Balaban J connectivity index is 1.68. The van der Waals surface area contributed by atoms with Crippen molar-refractivity contribution in [2.45, 2.75) is 38.8 Å². The lowest BCUT2D eigenvalue weighted by Gasteiger charge is -2.28. The molecule has 1 aromatic rings. The minimum absolute atomic E-state index is 0.195. The Morgan fingerprint density at radius 1 is 1.23 bits per heavy atom. The number of benzene rings is 1. The number of carbonyl (C=O) groups is 1. The fraction of sp³-hybridized carbons (Fsp3) is 0.588. The molecule has 2 aliphatic rings. The van der Waals surface area contributed by atoms with Gasteiger partial charge in [-0.3, -0.25) is 0 Å². The number of likely N-dealkylation sites (tertiary alicyclic amines) is 1. The van der Waals surface area contributed by atoms with Crippen LogP contribution in [0.3, 0.4) is 0 Å². The maximum absolute atomic E-state index is 12.2. The lowest BCUT2D eigenvalue weighted by molar-refractivity contribution is 0.0284. The third-order valence-corrected chi connectivity index (χ3v) is 4.42. The zero-order valence-electron chi connectivity index (χ0n) is 13.6. The molecule has 0 saturated carbocycles. The van der Waals surface area contributed by atoms with E-state index in [2.05, 4.69) is 17.0 Å². The summed E-state index contributed by atoms with van der Waals surface area (Å²) in [6.07, 6.45) is 0.924. The average molecular weight is 303 g/mol. The Morgan fingerprint density at radius 3 is 2.55 bits per heavy atom. The van der Waals surface area contributed by atoms with E-state index in [9.17, 15) is 4.79 Å². The van der Waals surface area contributed by atoms with Gasteiger partial charge in [0.15, 0.2) is 0 Å². The van der Waals surface area contributed by atoms with Gasteiger partial charge in [0.05, 0.1) is 6.04 Å². The van der Waals surface area contributed by atoms with Crippen molar-refractivity contribution in [3.63, 3.8) is 0 Å². The normalized spacial score (nSPS) is 24.5. The minimum atomic E-state index is -0.439. The molecular weight excluding hydrogens is 278 g/mol. The number of rotatable bonds is 1. The second-order valence-electron chi connectivity index (χ2n) is 7.29. The third-order valence-electron chi connectivity index (χ3n) is 4.42. The molecule has 5 heteroatoms. The maximum Gasteiger partial charge on any atom is 0.410 e. The molecule has 2 atom stereocenters. The summed E-state index contributed by atoms with van der Waals surface area (Å²) < 4.78 is 5.50. The summed E-state index contributed by atoms with van der Waals surface area (Å²) in [5, 5.41) is 0. The Kier molecular flexibility index (Phi) is 3.67. The monoisotopic (exact) mass is 303 g/mol. The Hall–Kier alpha value is -1.91. The molecule has 120 valence electrons. The van der Waals surface area contributed by atoms with Crippen LogP contribution in [0.5, 0.6) is 0 Å². The van der Waals surface area contributed by atoms with E-state index in [1.807, 2.05) is 37.8 Å². The lowest BCUT2D eigenvalue weighted by Crippen LogP contribution is -2.39. The Bertz CT molecular complexity index is 550. The quantitative estimate of drug-likeness (QED) is 0.810. The number of carbonyl (C=O) groups excluding carboxylic acids is 1. The van der Waals surface area contributed by atoms with E-state index in [1.165, 1.54) is 5.69 Å². The first-order valence-electron chi connectivity index (χ1n) is 7.93. The molecule has 5 nitrogen and oxygen atoms in total. The number of amides is 1. The van der Waals surface area contributed by atoms with Crippen LogP contribution in [0.2, 0.25) is 0 Å². The van der Waals surface area contributed by atoms with E-state index >= 15 is 0 Å². The summed E-state index contributed by atoms with van der Waals surface area (Å²) in [5.41, 5.74) is 7.29. The summed E-state index contributed by atoms with van der Waals surface area (Å²) >= 11 is 0. The SMILES string of the molecule is CC(C)(C)OC(=O)N1CC2CCN(c3ccc(N)cc3)C2C1. The zero-order chi connectivity index (χ0) is 15.9. The van der Waals surface area contributed by atoms with E-state index in [-0.39, 0.29) is 6.09 Å². The van der Waals surface area contributed by atoms with Crippen molar-refractivity contribution in [2.75, 3.05) is 30.3 Å². The molecule has 2 heterocycles. The second kappa shape index (κ2) is 5.38. The van der Waals surface area contributed by atoms with Crippen molar-refractivity contribution in [3.8, 4) is 0 Å². The standard InChI is InChI=1S/C17H25N3O2/c1-17(2,3)22-16(21)19-10-12-8-9-20(15(12)11-19)14-6-4-13(18)5-7-14/h4-7,12,15H,8-11,18H2,1-3H3. The highest BCUT2D eigenvalue weighted by Gasteiger charge is 2.43. The molecule has 0 bridgehead atoms. The molecule has 1 aromatic carbocycles. The number of hydrogen-bond acceptors (Lipinski definition) is 4. The van der Waals surface area contributed by atoms with Crippen molar-refractivity contribution < 1.29 is 9.53 Å². The van der Waals surface area contributed by atoms with Gasteiger partial charge < -0.3 is 20.3 Å². The van der Waals surface area contributed by atoms with Gasteiger partial charge in [0, 0.05) is 36.9 Å². The van der Waals surface area contributed by atoms with Crippen LogP contribution in [-0.4, -0.2) is 42.3 Å². The second-order valence-corrected chi connectivity index (χ2v) is 7.29. The molecule has 2 unspecified atom stereocenters. The first-order valence-corrected chi connectivity index (χ1v) is 7.93. The van der Waals surface area contributed by atoms with Crippen LogP contribution in [0.25, 0.3) is 0 Å². The third kappa shape index (κ3) is 2.98. The summed E-state index contributed by atoms with van der Waals surface area (Å²) in [6, 6.07) is 8.38. The molecule has 0 spiro atoms. The van der Waals surface area contributed by atoms with Gasteiger partial charge in [0.2, 0.25) is 0 Å². The van der Waals surface area contributed by atoms with Crippen molar-refractivity contribution >= 4 is 17.5 Å². The molecule has 2 fully saturated rings. The summed E-state index contributed by atoms with van der Waals surface area (Å²) in [7, 11) is 0. The fourth-order valence-corrected chi connectivity index (χ4v) is 3.42. The molecule has 22 heavy (non-hydrogen) atoms. The number of hydrogen-bond donors (Lipinski definition) is 1. The molecule has 1 amide bonds. The lowest BCUT2D eigenvalue weighted by atomic mass is 10.1. The van der Waals surface area contributed by atoms with Crippen LogP contribution in [0, 0.1) is 5.92 Å². The van der Waals surface area contributed by atoms with Crippen molar-refractivity contribution in [2.24, 2.45) is 5.92 Å². The van der Waals surface area contributed by atoms with E-state index < -0.39 is 5.60 Å². The number of fused-ring (bicyclic) bond motifs is 1. The van der Waals surface area contributed by atoms with Crippen LogP contribution in [0.4, 0.5) is 16.2 Å². The van der Waals surface area contributed by atoms with Gasteiger partial charge in [-0.15, -0.1) is 0 Å². The predicted octanol–water partition coefficient (Wildman–Crippen LogP) is 2.71. The Labute approximate surface area is 132 Å². The zero-order valence-corrected chi connectivity index (χ0v) is 13.6. The summed E-state index contributed by atoms with van der Waals surface area (Å²) in [6.45, 7) is 8.30. The average Bonchev–Trinajstić information content (AvgIpc) is 2.97. The Morgan fingerprint density at radius 2 is 1.91 bits per heavy atom. The molecule has 2 N–H and O–H groups in total. The van der Waals surface area contributed by atoms with E-state index in [0.717, 1.165) is 31.7 Å². The number of nitrogen functional groups attached to an aromatic ring is 1. The smallest absolute Gasteiger partial charge is 0.410 e. The van der Waals surface area contributed by atoms with Crippen LogP contribution in [-0.2, 0) is 4.74 Å². The highest BCUT2D eigenvalue weighted by Crippen LogP contribution is 2.35. The van der Waals surface area contributed by atoms with Crippen LogP contribution < -0.4 is 10.6 Å². The number of anilines is 2. The number of nitrogens with two attached hydrogens (primary N) is 1. The molecule has 2 saturated heterocycles.